The number of rotatable bonds is 0. The summed E-state index contributed by atoms with van der Waals surface area (Å²) in [6.07, 6.45) is 6.45. The summed E-state index contributed by atoms with van der Waals surface area (Å²) in [6.45, 7) is 0. The van der Waals surface area contributed by atoms with E-state index in [4.69, 9.17) is 0 Å². The van der Waals surface area contributed by atoms with Crippen molar-refractivity contribution in [3.63, 3.8) is 0 Å². The molecule has 0 aliphatic rings. The van der Waals surface area contributed by atoms with E-state index in [1.807, 2.05) is 28.7 Å². The second kappa shape index (κ2) is 3.50. The maximum absolute atomic E-state index is 4.20. The maximum atomic E-state index is 4.20. The first-order valence-electron chi connectivity index (χ1n) is 4.04. The fraction of sp³-hybridized carbons (Fsp3) is 0. The summed E-state index contributed by atoms with van der Waals surface area (Å²) in [5.41, 5.74) is 2.90. The number of imidazole rings is 1. The topological polar surface area (TPSA) is 30.2 Å². The average molecular weight is 352 g/mol. The molecule has 1 aromatic carbocycles. The van der Waals surface area contributed by atoms with Gasteiger partial charge in [-0.3, -0.25) is 0 Å². The number of nitrogens with zero attached hydrogens (tertiary/aromatic N) is 3. The van der Waals surface area contributed by atoms with E-state index in [2.05, 4.69) is 16.2 Å². The molecule has 0 bridgehead atoms. The zero-order valence-electron chi connectivity index (χ0n) is 7.21. The van der Waals surface area contributed by atoms with Gasteiger partial charge in [-0.05, 0) is 23.3 Å². The molecule has 2 heterocycles. The Kier molecular flexibility index (Phi) is 2.34. The van der Waals surface area contributed by atoms with Crippen LogP contribution in [0.3, 0.4) is 0 Å². The van der Waals surface area contributed by atoms with Crippen LogP contribution in [0.15, 0.2) is 36.8 Å². The molecule has 0 saturated carbocycles. The number of hydrogen-bond donors (Lipinski definition) is 0. The smallest absolute Gasteiger partial charge is 0.0831 e. The van der Waals surface area contributed by atoms with Gasteiger partial charge in [0, 0.05) is 26.6 Å². The van der Waals surface area contributed by atoms with Gasteiger partial charge < -0.3 is 14.4 Å². The van der Waals surface area contributed by atoms with Crippen LogP contribution in [0.1, 0.15) is 0 Å². The number of fused-ring (bicyclic) bond motifs is 3. The Balaban J connectivity index is 0.000000750. The van der Waals surface area contributed by atoms with E-state index < -0.39 is 0 Å². The molecule has 0 spiro atoms. The third-order valence-electron chi connectivity index (χ3n) is 2.07. The standard InChI is InChI=1S/C10H6N3.W/c1-2-4-10-9(3-1)12-6-8-5-11-7-13(8)10;/h1-5,7H;/q-1;. The number of hydrogen-bond acceptors (Lipinski definition) is 2. The minimum atomic E-state index is 0. The Morgan fingerprint density at radius 3 is 3.00 bits per heavy atom. The van der Waals surface area contributed by atoms with Crippen molar-refractivity contribution in [3.05, 3.63) is 43.0 Å². The van der Waals surface area contributed by atoms with Gasteiger partial charge in [-0.1, -0.05) is 24.4 Å². The molecule has 14 heavy (non-hydrogen) atoms. The molecule has 4 heteroatoms. The molecule has 0 fully saturated rings. The third-order valence-corrected chi connectivity index (χ3v) is 2.07. The molecule has 3 aromatic rings. The van der Waals surface area contributed by atoms with E-state index in [0.29, 0.717) is 0 Å². The van der Waals surface area contributed by atoms with E-state index in [1.165, 1.54) is 0 Å². The van der Waals surface area contributed by atoms with Gasteiger partial charge in [0.15, 0.2) is 0 Å². The molecule has 0 aliphatic heterocycles. The maximum Gasteiger partial charge on any atom is 0.0831 e. The van der Waals surface area contributed by atoms with E-state index in [9.17, 15) is 0 Å². The van der Waals surface area contributed by atoms with Crippen LogP contribution in [-0.4, -0.2) is 14.4 Å². The molecule has 2 aromatic heterocycles. The van der Waals surface area contributed by atoms with E-state index >= 15 is 0 Å². The number of para-hydroxylation sites is 2. The Hall–Kier alpha value is -1.21. The summed E-state index contributed by atoms with van der Waals surface area (Å²) in [6, 6.07) is 7.94. The molecular formula is C10H6N3W-. The summed E-state index contributed by atoms with van der Waals surface area (Å²) >= 11 is 0. The van der Waals surface area contributed by atoms with Crippen molar-refractivity contribution in [2.75, 3.05) is 0 Å². The summed E-state index contributed by atoms with van der Waals surface area (Å²) in [5.74, 6) is 0. The van der Waals surface area contributed by atoms with Crippen LogP contribution in [0.4, 0.5) is 0 Å². The fourth-order valence-corrected chi connectivity index (χ4v) is 1.45. The minimum Gasteiger partial charge on any atom is -0.381 e. The van der Waals surface area contributed by atoms with Gasteiger partial charge in [0.25, 0.3) is 0 Å². The van der Waals surface area contributed by atoms with Gasteiger partial charge >= 0.3 is 0 Å². The molecule has 68 valence electrons. The molecule has 0 saturated heterocycles. The Morgan fingerprint density at radius 1 is 1.21 bits per heavy atom. The zero-order chi connectivity index (χ0) is 8.67. The summed E-state index contributed by atoms with van der Waals surface area (Å²) < 4.78 is 1.97. The quantitative estimate of drug-likeness (QED) is 0.577. The summed E-state index contributed by atoms with van der Waals surface area (Å²) in [5, 5.41) is 0. The van der Waals surface area contributed by atoms with Crippen LogP contribution in [0.5, 0.6) is 0 Å². The van der Waals surface area contributed by atoms with E-state index in [1.54, 1.807) is 12.5 Å². The van der Waals surface area contributed by atoms with Crippen LogP contribution in [0.25, 0.3) is 16.6 Å². The predicted molar refractivity (Wildman–Crippen MR) is 49.3 cm³/mol. The number of aromatic nitrogens is 3. The third kappa shape index (κ3) is 1.25. The molecule has 0 aliphatic carbocycles. The fourth-order valence-electron chi connectivity index (χ4n) is 1.45. The zero-order valence-corrected chi connectivity index (χ0v) is 10.1. The molecular weight excluding hydrogens is 346 g/mol. The van der Waals surface area contributed by atoms with Gasteiger partial charge in [-0.15, -0.1) is 0 Å². The average Bonchev–Trinajstić information content (AvgIpc) is 2.65. The van der Waals surface area contributed by atoms with Gasteiger partial charge in [0.05, 0.1) is 6.33 Å². The van der Waals surface area contributed by atoms with Crippen molar-refractivity contribution in [3.8, 4) is 0 Å². The predicted octanol–water partition coefficient (Wildman–Crippen LogP) is 1.68. The molecule has 0 unspecified atom stereocenters. The van der Waals surface area contributed by atoms with Crippen molar-refractivity contribution < 1.29 is 21.1 Å². The summed E-state index contributed by atoms with van der Waals surface area (Å²) in [4.78, 5) is 8.24. The van der Waals surface area contributed by atoms with E-state index in [-0.39, 0.29) is 21.1 Å². The Morgan fingerprint density at radius 2 is 2.07 bits per heavy atom. The van der Waals surface area contributed by atoms with Crippen molar-refractivity contribution in [1.29, 1.82) is 0 Å². The van der Waals surface area contributed by atoms with Crippen molar-refractivity contribution in [2.24, 2.45) is 0 Å². The minimum absolute atomic E-state index is 0. The van der Waals surface area contributed by atoms with Gasteiger partial charge in [-0.25, -0.2) is 0 Å². The first kappa shape index (κ1) is 9.35. The molecule has 0 radical (unpaired) electrons. The molecule has 0 atom stereocenters. The monoisotopic (exact) mass is 352 g/mol. The molecule has 3 rings (SSSR count). The van der Waals surface area contributed by atoms with Gasteiger partial charge in [-0.2, -0.15) is 0 Å². The Bertz CT molecular complexity index is 573. The molecule has 3 nitrogen and oxygen atoms in total. The van der Waals surface area contributed by atoms with E-state index in [0.717, 1.165) is 16.6 Å². The van der Waals surface area contributed by atoms with Gasteiger partial charge in [0.1, 0.15) is 0 Å². The SMILES string of the molecule is [W].[c-]1nc2ccccc2n2cncc12. The van der Waals surface area contributed by atoms with Crippen molar-refractivity contribution in [1.82, 2.24) is 14.4 Å². The van der Waals surface area contributed by atoms with Crippen LogP contribution >= 0.6 is 0 Å². The van der Waals surface area contributed by atoms with Crippen LogP contribution < -0.4 is 0 Å². The first-order chi connectivity index (χ1) is 6.45. The van der Waals surface area contributed by atoms with Gasteiger partial charge in [0.2, 0.25) is 0 Å². The van der Waals surface area contributed by atoms with Crippen molar-refractivity contribution in [2.45, 2.75) is 0 Å². The van der Waals surface area contributed by atoms with Crippen LogP contribution in [-0.2, 0) is 21.1 Å². The second-order valence-corrected chi connectivity index (χ2v) is 2.86. The largest absolute Gasteiger partial charge is 0.381 e. The van der Waals surface area contributed by atoms with Crippen LogP contribution in [0, 0.1) is 6.20 Å². The molecule has 0 N–H and O–H groups in total. The van der Waals surface area contributed by atoms with Crippen LogP contribution in [0.2, 0.25) is 0 Å². The number of benzene rings is 1. The van der Waals surface area contributed by atoms with Crippen molar-refractivity contribution >= 4 is 16.6 Å². The second-order valence-electron chi connectivity index (χ2n) is 2.86. The summed E-state index contributed by atoms with van der Waals surface area (Å²) in [7, 11) is 0. The molecule has 0 amide bonds. The first-order valence-corrected chi connectivity index (χ1v) is 4.04. The normalized spacial score (nSPS) is 10.3. The Labute approximate surface area is 95.1 Å².